The molecular formula is C5H13NO4. The fourth-order valence-electron chi connectivity index (χ4n) is 0.459. The first kappa shape index (κ1) is 9.80. The summed E-state index contributed by atoms with van der Waals surface area (Å²) in [4.78, 5) is 1.27. The van der Waals surface area contributed by atoms with Crippen LogP contribution in [0.15, 0.2) is 0 Å². The molecule has 62 valence electrons. The number of hydrogen-bond acceptors (Lipinski definition) is 5. The van der Waals surface area contributed by atoms with E-state index in [-0.39, 0.29) is 0 Å². The van der Waals surface area contributed by atoms with Crippen molar-refractivity contribution in [3.63, 3.8) is 0 Å². The Bertz CT molecular complexity index is 83.6. The van der Waals surface area contributed by atoms with E-state index < -0.39 is 18.6 Å². The predicted molar refractivity (Wildman–Crippen MR) is 33.9 cm³/mol. The van der Waals surface area contributed by atoms with Crippen molar-refractivity contribution in [3.05, 3.63) is 0 Å². The summed E-state index contributed by atoms with van der Waals surface area (Å²) in [6.45, 7) is 0. The molecule has 0 aromatic heterocycles. The van der Waals surface area contributed by atoms with Crippen molar-refractivity contribution < 1.29 is 20.4 Å². The van der Waals surface area contributed by atoms with E-state index in [0.717, 1.165) is 0 Å². The Balaban J connectivity index is 3.81. The molecule has 0 aliphatic heterocycles. The van der Waals surface area contributed by atoms with Crippen molar-refractivity contribution >= 4 is 0 Å². The van der Waals surface area contributed by atoms with E-state index in [0.29, 0.717) is 0 Å². The summed E-state index contributed by atoms with van der Waals surface area (Å²) in [5.74, 6) is 0. The van der Waals surface area contributed by atoms with Crippen LogP contribution in [0.1, 0.15) is 0 Å². The molecule has 0 spiro atoms. The van der Waals surface area contributed by atoms with Crippen molar-refractivity contribution in [2.45, 2.75) is 18.6 Å². The molecule has 0 heterocycles. The maximum Gasteiger partial charge on any atom is 0.182 e. The smallest absolute Gasteiger partial charge is 0.182 e. The van der Waals surface area contributed by atoms with Gasteiger partial charge in [0.15, 0.2) is 6.29 Å². The van der Waals surface area contributed by atoms with Gasteiger partial charge in [0.2, 0.25) is 0 Å². The molecule has 0 amide bonds. The Morgan fingerprint density at radius 2 is 1.40 bits per heavy atom. The summed E-state index contributed by atoms with van der Waals surface area (Å²) in [5.41, 5.74) is 0. The van der Waals surface area contributed by atoms with E-state index in [1.807, 2.05) is 0 Å². The number of aliphatic hydroxyl groups excluding tert-OH is 3. The zero-order valence-electron chi connectivity index (χ0n) is 5.97. The number of nitrogens with zero attached hydrogens (tertiary/aromatic N) is 1. The summed E-state index contributed by atoms with van der Waals surface area (Å²) in [6, 6.07) is 0. The van der Waals surface area contributed by atoms with Gasteiger partial charge in [0.25, 0.3) is 0 Å². The van der Waals surface area contributed by atoms with Gasteiger partial charge in [0, 0.05) is 0 Å². The topological polar surface area (TPSA) is 84.2 Å². The SMILES string of the molecule is CN(C)C(O)C(O)C(O)O. The highest BCUT2D eigenvalue weighted by molar-refractivity contribution is 4.65. The van der Waals surface area contributed by atoms with Gasteiger partial charge in [-0.25, -0.2) is 0 Å². The van der Waals surface area contributed by atoms with Crippen molar-refractivity contribution in [2.75, 3.05) is 14.1 Å². The zero-order chi connectivity index (χ0) is 8.31. The summed E-state index contributed by atoms with van der Waals surface area (Å²) >= 11 is 0. The lowest BCUT2D eigenvalue weighted by Crippen LogP contribution is -2.45. The zero-order valence-corrected chi connectivity index (χ0v) is 5.97. The van der Waals surface area contributed by atoms with Gasteiger partial charge < -0.3 is 20.4 Å². The van der Waals surface area contributed by atoms with Crippen LogP contribution in [0.3, 0.4) is 0 Å². The van der Waals surface area contributed by atoms with Crippen LogP contribution in [-0.2, 0) is 0 Å². The third-order valence-corrected chi connectivity index (χ3v) is 1.14. The van der Waals surface area contributed by atoms with Crippen LogP contribution >= 0.6 is 0 Å². The second kappa shape index (κ2) is 3.85. The van der Waals surface area contributed by atoms with E-state index in [1.54, 1.807) is 0 Å². The Labute approximate surface area is 59.1 Å². The molecule has 0 saturated heterocycles. The average molecular weight is 151 g/mol. The summed E-state index contributed by atoms with van der Waals surface area (Å²) in [5, 5.41) is 34.4. The molecule has 0 aromatic rings. The van der Waals surface area contributed by atoms with E-state index in [9.17, 15) is 0 Å². The molecule has 0 fully saturated rings. The standard InChI is InChI=1S/C5H13NO4/c1-6(2)4(8)3(7)5(9)10/h3-5,7-10H,1-2H3. The number of hydrogen-bond donors (Lipinski definition) is 4. The highest BCUT2D eigenvalue weighted by atomic mass is 16.5. The average Bonchev–Trinajstić information content (AvgIpc) is 1.84. The lowest BCUT2D eigenvalue weighted by Gasteiger charge is -2.24. The Morgan fingerprint density at radius 1 is 1.00 bits per heavy atom. The highest BCUT2D eigenvalue weighted by Gasteiger charge is 2.23. The first-order valence-electron chi connectivity index (χ1n) is 2.85. The number of likely N-dealkylation sites (N-methyl/N-ethyl adjacent to an activating group) is 1. The second-order valence-corrected chi connectivity index (χ2v) is 2.28. The predicted octanol–water partition coefficient (Wildman–Crippen LogP) is -2.46. The van der Waals surface area contributed by atoms with Gasteiger partial charge in [-0.2, -0.15) is 0 Å². The molecule has 2 unspecified atom stereocenters. The molecule has 5 heteroatoms. The van der Waals surface area contributed by atoms with Crippen LogP contribution in [0.5, 0.6) is 0 Å². The molecule has 0 saturated carbocycles. The molecule has 0 aliphatic rings. The second-order valence-electron chi connectivity index (χ2n) is 2.28. The third-order valence-electron chi connectivity index (χ3n) is 1.14. The minimum atomic E-state index is -1.91. The molecule has 0 aromatic carbocycles. The fourth-order valence-corrected chi connectivity index (χ4v) is 0.459. The van der Waals surface area contributed by atoms with E-state index in [1.165, 1.54) is 19.0 Å². The summed E-state index contributed by atoms with van der Waals surface area (Å²) in [6.07, 6.45) is -4.70. The summed E-state index contributed by atoms with van der Waals surface area (Å²) in [7, 11) is 3.02. The van der Waals surface area contributed by atoms with Crippen molar-refractivity contribution in [1.82, 2.24) is 4.90 Å². The maximum absolute atomic E-state index is 8.92. The van der Waals surface area contributed by atoms with E-state index >= 15 is 0 Å². The van der Waals surface area contributed by atoms with Crippen molar-refractivity contribution in [2.24, 2.45) is 0 Å². The quantitative estimate of drug-likeness (QED) is 0.336. The normalized spacial score (nSPS) is 18.0. The van der Waals surface area contributed by atoms with Gasteiger partial charge in [0.05, 0.1) is 0 Å². The largest absolute Gasteiger partial charge is 0.384 e. The molecule has 10 heavy (non-hydrogen) atoms. The highest BCUT2D eigenvalue weighted by Crippen LogP contribution is 1.99. The number of rotatable bonds is 3. The van der Waals surface area contributed by atoms with Gasteiger partial charge in [-0.1, -0.05) is 0 Å². The molecule has 0 radical (unpaired) electrons. The molecule has 0 bridgehead atoms. The van der Waals surface area contributed by atoms with Gasteiger partial charge >= 0.3 is 0 Å². The maximum atomic E-state index is 8.92. The van der Waals surface area contributed by atoms with Crippen molar-refractivity contribution in [1.29, 1.82) is 0 Å². The monoisotopic (exact) mass is 151 g/mol. The van der Waals surface area contributed by atoms with Crippen LogP contribution in [0.4, 0.5) is 0 Å². The molecular weight excluding hydrogens is 138 g/mol. The van der Waals surface area contributed by atoms with Crippen LogP contribution in [-0.4, -0.2) is 58.0 Å². The molecule has 4 N–H and O–H groups in total. The lowest BCUT2D eigenvalue weighted by molar-refractivity contribution is -0.183. The van der Waals surface area contributed by atoms with Gasteiger partial charge in [-0.15, -0.1) is 0 Å². The third kappa shape index (κ3) is 2.59. The molecule has 0 rings (SSSR count). The van der Waals surface area contributed by atoms with Crippen LogP contribution in [0, 0.1) is 0 Å². The van der Waals surface area contributed by atoms with Gasteiger partial charge in [-0.05, 0) is 14.1 Å². The number of aliphatic hydroxyl groups is 4. The first-order valence-corrected chi connectivity index (χ1v) is 2.85. The minimum Gasteiger partial charge on any atom is -0.384 e. The molecule has 2 atom stereocenters. The molecule has 5 nitrogen and oxygen atoms in total. The van der Waals surface area contributed by atoms with E-state index in [2.05, 4.69) is 0 Å². The van der Waals surface area contributed by atoms with Crippen LogP contribution in [0.2, 0.25) is 0 Å². The van der Waals surface area contributed by atoms with E-state index in [4.69, 9.17) is 20.4 Å². The molecule has 0 aliphatic carbocycles. The van der Waals surface area contributed by atoms with Crippen LogP contribution < -0.4 is 0 Å². The van der Waals surface area contributed by atoms with Gasteiger partial charge in [0.1, 0.15) is 12.3 Å². The van der Waals surface area contributed by atoms with Crippen LogP contribution in [0.25, 0.3) is 0 Å². The first-order chi connectivity index (χ1) is 4.46. The Kier molecular flexibility index (Phi) is 3.77. The Hall–Kier alpha value is -0.200. The Morgan fingerprint density at radius 3 is 1.50 bits per heavy atom. The fraction of sp³-hybridized carbons (Fsp3) is 1.00. The van der Waals surface area contributed by atoms with Gasteiger partial charge in [-0.3, -0.25) is 4.90 Å². The lowest BCUT2D eigenvalue weighted by atomic mass is 10.3. The van der Waals surface area contributed by atoms with Crippen molar-refractivity contribution in [3.8, 4) is 0 Å². The minimum absolute atomic E-state index is 1.25. The summed E-state index contributed by atoms with van der Waals surface area (Å²) < 4.78 is 0.